The van der Waals surface area contributed by atoms with Gasteiger partial charge >= 0.3 is 6.18 Å². The van der Waals surface area contributed by atoms with Crippen LogP contribution in [0.3, 0.4) is 0 Å². The van der Waals surface area contributed by atoms with E-state index >= 15 is 0 Å². The van der Waals surface area contributed by atoms with Gasteiger partial charge in [0.05, 0.1) is 28.3 Å². The zero-order valence-corrected chi connectivity index (χ0v) is 21.5. The van der Waals surface area contributed by atoms with Crippen LogP contribution in [0.1, 0.15) is 25.1 Å². The minimum atomic E-state index is -4.48. The van der Waals surface area contributed by atoms with Gasteiger partial charge in [-0.05, 0) is 50.2 Å². The second-order valence-corrected chi connectivity index (χ2v) is 9.86. The summed E-state index contributed by atoms with van der Waals surface area (Å²) in [5.41, 5.74) is 0.582. The fourth-order valence-electron chi connectivity index (χ4n) is 3.87. The zero-order valence-electron chi connectivity index (χ0n) is 20.8. The fraction of sp³-hybridized carbons (Fsp3) is 0.346. The number of halogens is 4. The molecule has 0 atom stereocenters. The molecule has 3 N–H and O–H groups in total. The number of hydrogen-bond donors (Lipinski definition) is 3. The Morgan fingerprint density at radius 3 is 2.68 bits per heavy atom. The van der Waals surface area contributed by atoms with Crippen molar-refractivity contribution >= 4 is 34.7 Å². The van der Waals surface area contributed by atoms with Gasteiger partial charge < -0.3 is 25.4 Å². The molecule has 12 heteroatoms. The molecule has 0 radical (unpaired) electrons. The van der Waals surface area contributed by atoms with Crippen LogP contribution in [0, 0.1) is 5.41 Å². The van der Waals surface area contributed by atoms with Gasteiger partial charge in [0.1, 0.15) is 23.5 Å². The number of nitrogens with one attached hydrogen (secondary N) is 2. The van der Waals surface area contributed by atoms with Gasteiger partial charge in [0.2, 0.25) is 5.91 Å². The first kappa shape index (κ1) is 27.5. The van der Waals surface area contributed by atoms with E-state index in [0.717, 1.165) is 23.5 Å². The van der Waals surface area contributed by atoms with Crippen molar-refractivity contribution in [2.75, 3.05) is 36.5 Å². The molecule has 1 amide bonds. The van der Waals surface area contributed by atoms with Gasteiger partial charge in [0.25, 0.3) is 0 Å². The third-order valence-electron chi connectivity index (χ3n) is 6.09. The average Bonchev–Trinajstić information content (AvgIpc) is 3.29. The minimum Gasteiger partial charge on any atom is -0.456 e. The Bertz CT molecular complexity index is 1320. The van der Waals surface area contributed by atoms with E-state index < -0.39 is 17.2 Å². The number of aromatic nitrogens is 2. The third-order valence-corrected chi connectivity index (χ3v) is 6.39. The Kier molecular flexibility index (Phi) is 7.98. The van der Waals surface area contributed by atoms with E-state index in [2.05, 4.69) is 25.5 Å². The molecule has 0 unspecified atom stereocenters. The molecule has 0 saturated carbocycles. The molecular formula is C26H27ClF3N5O3. The molecule has 4 rings (SSSR count). The number of nitrogens with zero attached hydrogens (tertiary/aromatic N) is 3. The van der Waals surface area contributed by atoms with Crippen LogP contribution in [0.25, 0.3) is 0 Å². The summed E-state index contributed by atoms with van der Waals surface area (Å²) in [6.45, 7) is 4.69. The Morgan fingerprint density at radius 2 is 1.97 bits per heavy atom. The smallest absolute Gasteiger partial charge is 0.416 e. The Morgan fingerprint density at radius 1 is 1.18 bits per heavy atom. The van der Waals surface area contributed by atoms with Crippen LogP contribution < -0.4 is 20.3 Å². The van der Waals surface area contributed by atoms with Gasteiger partial charge in [0, 0.05) is 31.7 Å². The molecule has 2 aromatic carbocycles. The van der Waals surface area contributed by atoms with E-state index in [0.29, 0.717) is 37.6 Å². The standard InChI is InChI=1S/C26H27ClF3N5O3/c1-25(2,14-36)24(37)31-9-11-35-10-8-20-22(35)23(33-15-32-20)34-17-6-7-21(19(27)13-17)38-18-5-3-4-16(12-18)26(28,29)30/h3-7,12-13,15,36H,8-11,14H2,1-2H3,(H,31,37)(H,32,33,34). The van der Waals surface area contributed by atoms with Gasteiger partial charge in [-0.3, -0.25) is 4.79 Å². The topological polar surface area (TPSA) is 99.6 Å². The molecule has 1 aliphatic rings. The first-order valence-corrected chi connectivity index (χ1v) is 12.3. The van der Waals surface area contributed by atoms with Crippen molar-refractivity contribution in [1.82, 2.24) is 15.3 Å². The SMILES string of the molecule is CC(C)(CO)C(=O)NCCN1CCc2ncnc(Nc3ccc(Oc4cccc(C(F)(F)F)c4)c(Cl)c3)c21. The van der Waals surface area contributed by atoms with Crippen molar-refractivity contribution in [3.05, 3.63) is 65.1 Å². The quantitative estimate of drug-likeness (QED) is 0.338. The van der Waals surface area contributed by atoms with Gasteiger partial charge in [-0.15, -0.1) is 0 Å². The highest BCUT2D eigenvalue weighted by Gasteiger charge is 2.31. The number of carbonyl (C=O) groups excluding carboxylic acids is 1. The summed E-state index contributed by atoms with van der Waals surface area (Å²) in [6, 6.07) is 9.40. The summed E-state index contributed by atoms with van der Waals surface area (Å²) in [4.78, 5) is 23.1. The van der Waals surface area contributed by atoms with Gasteiger partial charge in [0.15, 0.2) is 5.82 Å². The summed E-state index contributed by atoms with van der Waals surface area (Å²) < 4.78 is 44.6. The lowest BCUT2D eigenvalue weighted by Crippen LogP contribution is -2.42. The number of hydrogen-bond acceptors (Lipinski definition) is 7. The molecule has 0 spiro atoms. The lowest BCUT2D eigenvalue weighted by atomic mass is 9.94. The number of amides is 1. The van der Waals surface area contributed by atoms with E-state index in [4.69, 9.17) is 16.3 Å². The van der Waals surface area contributed by atoms with Crippen molar-refractivity contribution < 1.29 is 27.8 Å². The van der Waals surface area contributed by atoms with Crippen molar-refractivity contribution in [3.8, 4) is 11.5 Å². The molecule has 0 aliphatic carbocycles. The summed E-state index contributed by atoms with van der Waals surface area (Å²) in [6.07, 6.45) is -2.31. The second kappa shape index (κ2) is 11.0. The lowest BCUT2D eigenvalue weighted by Gasteiger charge is -2.24. The highest BCUT2D eigenvalue weighted by Crippen LogP contribution is 2.38. The summed E-state index contributed by atoms with van der Waals surface area (Å²) in [5, 5.41) is 15.7. The van der Waals surface area contributed by atoms with Gasteiger partial charge in [-0.25, -0.2) is 9.97 Å². The monoisotopic (exact) mass is 549 g/mol. The van der Waals surface area contributed by atoms with Crippen LogP contribution in [-0.4, -0.2) is 47.2 Å². The molecule has 1 aliphatic heterocycles. The molecule has 3 aromatic rings. The molecular weight excluding hydrogens is 523 g/mol. The van der Waals surface area contributed by atoms with Crippen LogP contribution in [0.4, 0.5) is 30.4 Å². The van der Waals surface area contributed by atoms with Crippen LogP contribution in [0.5, 0.6) is 11.5 Å². The maximum atomic E-state index is 13.0. The van der Waals surface area contributed by atoms with Gasteiger partial charge in [-0.2, -0.15) is 13.2 Å². The number of carbonyl (C=O) groups is 1. The predicted molar refractivity (Wildman–Crippen MR) is 138 cm³/mol. The van der Waals surface area contributed by atoms with Crippen LogP contribution in [-0.2, 0) is 17.4 Å². The summed E-state index contributed by atoms with van der Waals surface area (Å²) in [5.74, 6) is 0.537. The second-order valence-electron chi connectivity index (χ2n) is 9.45. The Balaban J connectivity index is 1.45. The molecule has 8 nitrogen and oxygen atoms in total. The molecule has 202 valence electrons. The number of ether oxygens (including phenoxy) is 1. The normalized spacial score (nSPS) is 13.3. The Hall–Kier alpha value is -3.57. The van der Waals surface area contributed by atoms with Crippen molar-refractivity contribution in [2.24, 2.45) is 5.41 Å². The van der Waals surface area contributed by atoms with Crippen molar-refractivity contribution in [1.29, 1.82) is 0 Å². The molecule has 0 fully saturated rings. The lowest BCUT2D eigenvalue weighted by molar-refractivity contribution is -0.137. The minimum absolute atomic E-state index is 0.0150. The number of aliphatic hydroxyl groups is 1. The van der Waals surface area contributed by atoms with Gasteiger partial charge in [-0.1, -0.05) is 17.7 Å². The molecule has 2 heterocycles. The number of alkyl halides is 3. The van der Waals surface area contributed by atoms with Crippen LogP contribution in [0.15, 0.2) is 48.8 Å². The number of aliphatic hydroxyl groups excluding tert-OH is 1. The molecule has 0 saturated heterocycles. The zero-order chi connectivity index (χ0) is 27.5. The van der Waals surface area contributed by atoms with E-state index in [1.807, 2.05) is 0 Å². The summed E-state index contributed by atoms with van der Waals surface area (Å²) in [7, 11) is 0. The first-order chi connectivity index (χ1) is 18.0. The van der Waals surface area contributed by atoms with E-state index in [1.165, 1.54) is 18.5 Å². The number of fused-ring (bicyclic) bond motifs is 1. The molecule has 38 heavy (non-hydrogen) atoms. The van der Waals surface area contributed by atoms with Crippen LogP contribution in [0.2, 0.25) is 5.02 Å². The first-order valence-electron chi connectivity index (χ1n) is 11.9. The fourth-order valence-corrected chi connectivity index (χ4v) is 4.09. The van der Waals surface area contributed by atoms with E-state index in [-0.39, 0.29) is 29.0 Å². The number of anilines is 3. The molecule has 1 aromatic heterocycles. The highest BCUT2D eigenvalue weighted by molar-refractivity contribution is 6.32. The predicted octanol–water partition coefficient (Wildman–Crippen LogP) is 5.18. The maximum Gasteiger partial charge on any atom is 0.416 e. The number of benzene rings is 2. The summed E-state index contributed by atoms with van der Waals surface area (Å²) >= 11 is 6.38. The van der Waals surface area contributed by atoms with E-state index in [9.17, 15) is 23.1 Å². The molecule has 0 bridgehead atoms. The Labute approximate surface area is 222 Å². The largest absolute Gasteiger partial charge is 0.456 e. The maximum absolute atomic E-state index is 13.0. The third kappa shape index (κ3) is 6.28. The van der Waals surface area contributed by atoms with Crippen molar-refractivity contribution in [3.63, 3.8) is 0 Å². The van der Waals surface area contributed by atoms with Crippen molar-refractivity contribution in [2.45, 2.75) is 26.4 Å². The average molecular weight is 550 g/mol. The van der Waals surface area contributed by atoms with Crippen LogP contribution >= 0.6 is 11.6 Å². The van der Waals surface area contributed by atoms with E-state index in [1.54, 1.807) is 32.0 Å². The highest BCUT2D eigenvalue weighted by atomic mass is 35.5. The number of rotatable bonds is 9.